The van der Waals surface area contributed by atoms with E-state index in [0.29, 0.717) is 6.61 Å². The van der Waals surface area contributed by atoms with Gasteiger partial charge in [-0.2, -0.15) is 0 Å². The molecule has 1 fully saturated rings. The van der Waals surface area contributed by atoms with Crippen LogP contribution in [0.2, 0.25) is 5.02 Å². The van der Waals surface area contributed by atoms with Crippen LogP contribution < -0.4 is 4.74 Å². The second kappa shape index (κ2) is 6.91. The molecule has 22 heavy (non-hydrogen) atoms. The van der Waals surface area contributed by atoms with Crippen molar-refractivity contribution >= 4 is 17.6 Å². The van der Waals surface area contributed by atoms with Gasteiger partial charge in [0.1, 0.15) is 5.75 Å². The summed E-state index contributed by atoms with van der Waals surface area (Å²) in [5.41, 5.74) is 3.25. The van der Waals surface area contributed by atoms with Crippen molar-refractivity contribution in [2.24, 2.45) is 11.8 Å². The van der Waals surface area contributed by atoms with Gasteiger partial charge in [-0.05, 0) is 62.1 Å². The number of hydrogen-bond acceptors (Lipinski definition) is 2. The minimum atomic E-state index is -0.668. The molecule has 3 nitrogen and oxygen atoms in total. The van der Waals surface area contributed by atoms with E-state index >= 15 is 0 Å². The molecule has 1 N–H and O–H groups in total. The molecule has 0 aliphatic heterocycles. The lowest BCUT2D eigenvalue weighted by Crippen LogP contribution is -2.08. The Morgan fingerprint density at radius 1 is 1.50 bits per heavy atom. The van der Waals surface area contributed by atoms with Crippen LogP contribution in [0.5, 0.6) is 5.75 Å². The Morgan fingerprint density at radius 2 is 2.18 bits per heavy atom. The van der Waals surface area contributed by atoms with Crippen LogP contribution in [0.15, 0.2) is 6.07 Å². The van der Waals surface area contributed by atoms with E-state index < -0.39 is 5.97 Å². The average Bonchev–Trinajstić information content (AvgIpc) is 3.20. The molecule has 3 unspecified atom stereocenters. The minimum Gasteiger partial charge on any atom is -0.493 e. The van der Waals surface area contributed by atoms with Crippen LogP contribution in [0.25, 0.3) is 0 Å². The van der Waals surface area contributed by atoms with Crippen molar-refractivity contribution in [3.63, 3.8) is 0 Å². The zero-order chi connectivity index (χ0) is 16.4. The third-order valence-electron chi connectivity index (χ3n) is 4.55. The molecule has 0 bridgehead atoms. The first-order valence-electron chi connectivity index (χ1n) is 8.01. The maximum Gasteiger partial charge on any atom is 0.306 e. The summed E-state index contributed by atoms with van der Waals surface area (Å²) in [5, 5.41) is 9.83. The number of aliphatic carboxylic acids is 1. The van der Waals surface area contributed by atoms with Crippen molar-refractivity contribution in [2.45, 2.75) is 52.9 Å². The van der Waals surface area contributed by atoms with Gasteiger partial charge in [-0.25, -0.2) is 0 Å². The minimum absolute atomic E-state index is 0.164. The van der Waals surface area contributed by atoms with E-state index in [1.165, 1.54) is 0 Å². The van der Waals surface area contributed by atoms with Crippen LogP contribution in [0.4, 0.5) is 0 Å². The largest absolute Gasteiger partial charge is 0.493 e. The van der Waals surface area contributed by atoms with Crippen LogP contribution in [0.3, 0.4) is 0 Å². The van der Waals surface area contributed by atoms with Crippen LogP contribution >= 0.6 is 11.6 Å². The summed E-state index contributed by atoms with van der Waals surface area (Å²) >= 11 is 6.35. The molecule has 3 atom stereocenters. The van der Waals surface area contributed by atoms with E-state index in [9.17, 15) is 4.79 Å². The second-order valence-electron chi connectivity index (χ2n) is 6.47. The van der Waals surface area contributed by atoms with Crippen LogP contribution in [-0.4, -0.2) is 17.7 Å². The Bertz CT molecular complexity index is 568. The summed E-state index contributed by atoms with van der Waals surface area (Å²) in [4.78, 5) is 11.0. The van der Waals surface area contributed by atoms with Gasteiger partial charge in [-0.15, -0.1) is 0 Å². The van der Waals surface area contributed by atoms with Crippen molar-refractivity contribution in [1.29, 1.82) is 0 Å². The van der Waals surface area contributed by atoms with Crippen LogP contribution in [-0.2, 0) is 4.79 Å². The Balaban J connectivity index is 2.25. The predicted molar refractivity (Wildman–Crippen MR) is 89.0 cm³/mol. The highest BCUT2D eigenvalue weighted by Crippen LogP contribution is 2.48. The first kappa shape index (κ1) is 17.1. The standard InChI is InChI=1S/C18H25ClO3/c1-5-6-22-17-11(3)8-15(19)12(4)16(17)10(2)7-13-9-14(13)18(20)21/h8,10,13-14H,5-7,9H2,1-4H3,(H,20,21). The maximum atomic E-state index is 11.0. The molecule has 1 aromatic rings. The molecule has 0 aromatic heterocycles. The maximum absolute atomic E-state index is 11.0. The Morgan fingerprint density at radius 3 is 2.73 bits per heavy atom. The molecule has 0 amide bonds. The number of carbonyl (C=O) groups is 1. The van der Waals surface area contributed by atoms with E-state index in [0.717, 1.165) is 46.7 Å². The van der Waals surface area contributed by atoms with Gasteiger partial charge < -0.3 is 9.84 Å². The average molecular weight is 325 g/mol. The van der Waals surface area contributed by atoms with Gasteiger partial charge in [0, 0.05) is 10.6 Å². The smallest absolute Gasteiger partial charge is 0.306 e. The van der Waals surface area contributed by atoms with Crippen molar-refractivity contribution in [2.75, 3.05) is 6.61 Å². The summed E-state index contributed by atoms with van der Waals surface area (Å²) in [6.45, 7) is 8.96. The molecule has 2 rings (SSSR count). The lowest BCUT2D eigenvalue weighted by molar-refractivity contribution is -0.138. The molecular weight excluding hydrogens is 300 g/mol. The number of rotatable bonds is 7. The molecule has 0 heterocycles. The second-order valence-corrected chi connectivity index (χ2v) is 6.88. The van der Waals surface area contributed by atoms with Gasteiger partial charge in [0.15, 0.2) is 0 Å². The molecule has 122 valence electrons. The lowest BCUT2D eigenvalue weighted by atomic mass is 9.89. The lowest BCUT2D eigenvalue weighted by Gasteiger charge is -2.22. The van der Waals surface area contributed by atoms with Gasteiger partial charge in [0.05, 0.1) is 12.5 Å². The van der Waals surface area contributed by atoms with E-state index in [2.05, 4.69) is 13.8 Å². The van der Waals surface area contributed by atoms with Gasteiger partial charge in [-0.1, -0.05) is 25.4 Å². The Hall–Kier alpha value is -1.22. The summed E-state index contributed by atoms with van der Waals surface area (Å²) < 4.78 is 5.98. The fourth-order valence-corrected chi connectivity index (χ4v) is 3.51. The van der Waals surface area contributed by atoms with Gasteiger partial charge in [0.25, 0.3) is 0 Å². The number of halogens is 1. The fourth-order valence-electron chi connectivity index (χ4n) is 3.25. The third-order valence-corrected chi connectivity index (χ3v) is 4.94. The monoisotopic (exact) mass is 324 g/mol. The zero-order valence-electron chi connectivity index (χ0n) is 13.8. The summed E-state index contributed by atoms with van der Waals surface area (Å²) in [7, 11) is 0. The van der Waals surface area contributed by atoms with Crippen LogP contribution in [0, 0.1) is 25.7 Å². The van der Waals surface area contributed by atoms with Gasteiger partial charge >= 0.3 is 5.97 Å². The van der Waals surface area contributed by atoms with E-state index in [-0.39, 0.29) is 17.8 Å². The van der Waals surface area contributed by atoms with E-state index in [1.54, 1.807) is 0 Å². The van der Waals surface area contributed by atoms with Crippen molar-refractivity contribution in [3.05, 3.63) is 27.8 Å². The normalized spacial score (nSPS) is 21.5. The molecule has 0 saturated heterocycles. The molecular formula is C18H25ClO3. The molecule has 1 saturated carbocycles. The number of aryl methyl sites for hydroxylation is 1. The topological polar surface area (TPSA) is 46.5 Å². The molecule has 1 aromatic carbocycles. The molecule has 1 aliphatic carbocycles. The van der Waals surface area contributed by atoms with Crippen molar-refractivity contribution in [1.82, 2.24) is 0 Å². The first-order chi connectivity index (χ1) is 10.4. The van der Waals surface area contributed by atoms with Gasteiger partial charge in [-0.3, -0.25) is 4.79 Å². The summed E-state index contributed by atoms with van der Waals surface area (Å²) in [5.74, 6) is 0.634. The molecule has 0 radical (unpaired) electrons. The predicted octanol–water partition coefficient (Wildman–Crippen LogP) is 4.96. The number of benzene rings is 1. The van der Waals surface area contributed by atoms with Gasteiger partial charge in [0.2, 0.25) is 0 Å². The molecule has 0 spiro atoms. The highest BCUT2D eigenvalue weighted by atomic mass is 35.5. The third kappa shape index (κ3) is 3.57. The molecule has 4 heteroatoms. The summed E-state index contributed by atoms with van der Waals surface area (Å²) in [6.07, 6.45) is 2.63. The Labute approximate surface area is 137 Å². The number of carboxylic acids is 1. The quantitative estimate of drug-likeness (QED) is 0.771. The van der Waals surface area contributed by atoms with E-state index in [4.69, 9.17) is 21.4 Å². The highest BCUT2D eigenvalue weighted by Gasteiger charge is 2.44. The highest BCUT2D eigenvalue weighted by molar-refractivity contribution is 6.31. The SMILES string of the molecule is CCCOc1c(C)cc(Cl)c(C)c1C(C)CC1CC1C(=O)O. The fraction of sp³-hybridized carbons (Fsp3) is 0.611. The van der Waals surface area contributed by atoms with Crippen molar-refractivity contribution < 1.29 is 14.6 Å². The summed E-state index contributed by atoms with van der Waals surface area (Å²) in [6, 6.07) is 1.95. The number of carboxylic acid groups (broad SMARTS) is 1. The zero-order valence-corrected chi connectivity index (χ0v) is 14.5. The van der Waals surface area contributed by atoms with E-state index in [1.807, 2.05) is 19.9 Å². The Kier molecular flexibility index (Phi) is 5.38. The number of ether oxygens (including phenoxy) is 1. The first-order valence-corrected chi connectivity index (χ1v) is 8.39. The number of hydrogen-bond donors (Lipinski definition) is 1. The van der Waals surface area contributed by atoms with Crippen molar-refractivity contribution in [3.8, 4) is 5.75 Å². The molecule has 1 aliphatic rings. The van der Waals surface area contributed by atoms with Crippen LogP contribution in [0.1, 0.15) is 55.7 Å².